The Kier molecular flexibility index (Phi) is 11.1. The van der Waals surface area contributed by atoms with Gasteiger partial charge < -0.3 is 15.1 Å². The predicted molar refractivity (Wildman–Crippen MR) is 227 cm³/mol. The van der Waals surface area contributed by atoms with Crippen LogP contribution in [0.4, 0.5) is 15.3 Å². The van der Waals surface area contributed by atoms with E-state index in [-0.39, 0.29) is 34.2 Å². The average molecular weight is 775 g/mol. The number of hydrogen-bond acceptors (Lipinski definition) is 6. The first-order chi connectivity index (χ1) is 27.5. The topological polar surface area (TPSA) is 88.2 Å². The lowest BCUT2D eigenvalue weighted by Gasteiger charge is -2.51. The lowest BCUT2D eigenvalue weighted by molar-refractivity contribution is 0.0170. The van der Waals surface area contributed by atoms with Crippen molar-refractivity contribution in [3.05, 3.63) is 90.0 Å². The first-order valence-electron chi connectivity index (χ1n) is 21.9. The highest BCUT2D eigenvalue weighted by molar-refractivity contribution is 5.95. The molecule has 4 aliphatic carbocycles. The maximum atomic E-state index is 13.7. The van der Waals surface area contributed by atoms with Crippen LogP contribution >= 0.6 is 0 Å². The molecule has 3 aromatic rings. The van der Waals surface area contributed by atoms with E-state index in [0.29, 0.717) is 5.92 Å². The number of amides is 4. The van der Waals surface area contributed by atoms with Crippen LogP contribution in [-0.4, -0.2) is 107 Å². The van der Waals surface area contributed by atoms with Gasteiger partial charge in [-0.3, -0.25) is 14.7 Å². The Morgan fingerprint density at radius 3 is 1.54 bits per heavy atom. The molecule has 2 aliphatic heterocycles. The van der Waals surface area contributed by atoms with Gasteiger partial charge in [0.25, 0.3) is 0 Å². The molecular formula is C47H66N8O2. The van der Waals surface area contributed by atoms with Crippen LogP contribution < -0.4 is 10.2 Å². The molecule has 0 bridgehead atoms. The minimum absolute atomic E-state index is 0.0259. The molecule has 9 rings (SSSR count). The number of carbonyl (C=O) groups excluding carboxylic acids is 2. The summed E-state index contributed by atoms with van der Waals surface area (Å²) in [6.45, 7) is 5.31. The molecule has 3 heterocycles. The zero-order chi connectivity index (χ0) is 39.8. The summed E-state index contributed by atoms with van der Waals surface area (Å²) in [5.41, 5.74) is 3.69. The minimum Gasteiger partial charge on any atom is -0.336 e. The minimum atomic E-state index is -0.105. The van der Waals surface area contributed by atoms with E-state index >= 15 is 0 Å². The molecule has 57 heavy (non-hydrogen) atoms. The second-order valence-corrected chi connectivity index (χ2v) is 18.9. The SMILES string of the molecule is CN(C)C1(c2ccccc2)CCC2(CC1)CNC(=O)N2CC1CCC1.Cc1ncc(N2CC3(CCC(c4ccccc4)(N(C)C)CC3)N(CC3CCC3)C2=O)cn1. The highest BCUT2D eigenvalue weighted by atomic mass is 16.2. The number of nitrogens with one attached hydrogen (secondary N) is 1. The Labute approximate surface area is 341 Å². The number of urea groups is 2. The quantitative estimate of drug-likeness (QED) is 0.236. The van der Waals surface area contributed by atoms with Crippen LogP contribution in [0.1, 0.15) is 107 Å². The Balaban J connectivity index is 0.000000165. The number of benzene rings is 2. The van der Waals surface area contributed by atoms with Gasteiger partial charge in [-0.2, -0.15) is 0 Å². The number of aryl methyl sites for hydroxylation is 1. The molecule has 1 N–H and O–H groups in total. The van der Waals surface area contributed by atoms with Gasteiger partial charge in [-0.05, 0) is 135 Å². The Hall–Kier alpha value is -4.02. The third kappa shape index (κ3) is 7.34. The summed E-state index contributed by atoms with van der Waals surface area (Å²) < 4.78 is 0. The van der Waals surface area contributed by atoms with Crippen LogP contribution in [0.2, 0.25) is 0 Å². The summed E-state index contributed by atoms with van der Waals surface area (Å²) in [5.74, 6) is 2.12. The molecule has 6 aliphatic rings. The van der Waals surface area contributed by atoms with Crippen molar-refractivity contribution in [2.75, 3.05) is 59.3 Å². The zero-order valence-corrected chi connectivity index (χ0v) is 35.3. The zero-order valence-electron chi connectivity index (χ0n) is 35.3. The van der Waals surface area contributed by atoms with Gasteiger partial charge >= 0.3 is 12.1 Å². The molecule has 10 nitrogen and oxygen atoms in total. The fourth-order valence-electron chi connectivity index (χ4n) is 11.2. The highest BCUT2D eigenvalue weighted by Crippen LogP contribution is 2.51. The van der Waals surface area contributed by atoms with Gasteiger partial charge in [0.1, 0.15) is 5.82 Å². The number of hydrogen-bond donors (Lipinski definition) is 1. The highest BCUT2D eigenvalue weighted by Gasteiger charge is 2.56. The van der Waals surface area contributed by atoms with E-state index in [0.717, 1.165) is 95.0 Å². The van der Waals surface area contributed by atoms with Gasteiger partial charge in [-0.1, -0.05) is 73.5 Å². The maximum absolute atomic E-state index is 13.7. The van der Waals surface area contributed by atoms with Crippen LogP contribution in [0.15, 0.2) is 73.1 Å². The average Bonchev–Trinajstić information content (AvgIpc) is 3.64. The van der Waals surface area contributed by atoms with Crippen LogP contribution in [-0.2, 0) is 11.1 Å². The number of anilines is 1. The molecule has 4 amide bonds. The van der Waals surface area contributed by atoms with Crippen molar-refractivity contribution >= 4 is 17.7 Å². The number of rotatable bonds is 9. The van der Waals surface area contributed by atoms with Crippen LogP contribution in [0.5, 0.6) is 0 Å². The molecule has 2 spiro atoms. The van der Waals surface area contributed by atoms with Crippen LogP contribution in [0.25, 0.3) is 0 Å². The van der Waals surface area contributed by atoms with Crippen molar-refractivity contribution in [3.8, 4) is 0 Å². The van der Waals surface area contributed by atoms with Crippen molar-refractivity contribution in [2.45, 2.75) is 119 Å². The van der Waals surface area contributed by atoms with E-state index < -0.39 is 0 Å². The first kappa shape index (κ1) is 39.8. The third-order valence-electron chi connectivity index (χ3n) is 15.6. The number of carbonyl (C=O) groups is 2. The molecule has 306 valence electrons. The summed E-state index contributed by atoms with van der Waals surface area (Å²) in [6.07, 6.45) is 19.9. The van der Waals surface area contributed by atoms with Gasteiger partial charge in [-0.25, -0.2) is 19.6 Å². The standard InChI is InChI=1S/C26H35N5O.C21H31N3O/c1-20-27-16-23(17-28-20)30-19-25(31(24(30)32)18-21-8-7-9-21)12-14-26(15-13-25,29(2)3)22-10-5-4-6-11-22;1-23(2)21(18-9-4-3-5-10-18)13-11-20(12-14-21)16-22-19(25)24(20)15-17-7-6-8-17/h4-6,10-11,16-17,21H,7-9,12-15,18-19H2,1-3H3;3-5,9-10,17H,6-8,11-16H2,1-2H3,(H,22,25). The van der Waals surface area contributed by atoms with E-state index in [1.54, 1.807) is 12.4 Å². The summed E-state index contributed by atoms with van der Waals surface area (Å²) in [7, 11) is 8.81. The molecule has 1 aromatic heterocycles. The number of nitrogens with zero attached hydrogens (tertiary/aromatic N) is 7. The second-order valence-electron chi connectivity index (χ2n) is 18.9. The normalized spacial score (nSPS) is 30.5. The van der Waals surface area contributed by atoms with Gasteiger partial charge in [-0.15, -0.1) is 0 Å². The first-order valence-corrected chi connectivity index (χ1v) is 21.9. The van der Waals surface area contributed by atoms with Crippen molar-refractivity contribution < 1.29 is 9.59 Å². The van der Waals surface area contributed by atoms with Crippen molar-refractivity contribution in [1.82, 2.24) is 34.9 Å². The number of aromatic nitrogens is 2. The van der Waals surface area contributed by atoms with E-state index in [1.165, 1.54) is 49.7 Å². The molecular weight excluding hydrogens is 709 g/mol. The molecule has 4 saturated carbocycles. The fraction of sp³-hybridized carbons (Fsp3) is 0.617. The molecule has 0 unspecified atom stereocenters. The van der Waals surface area contributed by atoms with Gasteiger partial charge in [0, 0.05) is 30.7 Å². The molecule has 0 radical (unpaired) electrons. The smallest absolute Gasteiger partial charge is 0.325 e. The summed E-state index contributed by atoms with van der Waals surface area (Å²) in [4.78, 5) is 46.1. The monoisotopic (exact) mass is 775 g/mol. The van der Waals surface area contributed by atoms with Gasteiger partial charge in [0.2, 0.25) is 0 Å². The molecule has 10 heteroatoms. The molecule has 2 saturated heterocycles. The lowest BCUT2D eigenvalue weighted by Crippen LogP contribution is -2.56. The summed E-state index contributed by atoms with van der Waals surface area (Å²) >= 11 is 0. The Morgan fingerprint density at radius 2 is 1.11 bits per heavy atom. The lowest BCUT2D eigenvalue weighted by atomic mass is 9.68. The Bertz CT molecular complexity index is 1830. The Morgan fingerprint density at radius 1 is 0.649 bits per heavy atom. The molecule has 6 fully saturated rings. The van der Waals surface area contributed by atoms with Crippen LogP contribution in [0.3, 0.4) is 0 Å². The van der Waals surface area contributed by atoms with Gasteiger partial charge in [0.15, 0.2) is 0 Å². The van der Waals surface area contributed by atoms with Crippen molar-refractivity contribution in [3.63, 3.8) is 0 Å². The largest absolute Gasteiger partial charge is 0.336 e. The summed E-state index contributed by atoms with van der Waals surface area (Å²) in [6, 6.07) is 22.1. The van der Waals surface area contributed by atoms with E-state index in [4.69, 9.17) is 0 Å². The molecule has 2 aromatic carbocycles. The van der Waals surface area contributed by atoms with Crippen LogP contribution in [0, 0.1) is 18.8 Å². The van der Waals surface area contributed by atoms with Crippen molar-refractivity contribution in [2.24, 2.45) is 11.8 Å². The van der Waals surface area contributed by atoms with E-state index in [9.17, 15) is 9.59 Å². The second kappa shape index (κ2) is 16.0. The van der Waals surface area contributed by atoms with Gasteiger partial charge in [0.05, 0.1) is 35.7 Å². The maximum Gasteiger partial charge on any atom is 0.325 e. The summed E-state index contributed by atoms with van der Waals surface area (Å²) in [5, 5.41) is 3.15. The van der Waals surface area contributed by atoms with E-state index in [2.05, 4.69) is 124 Å². The molecule has 0 atom stereocenters. The van der Waals surface area contributed by atoms with Crippen molar-refractivity contribution in [1.29, 1.82) is 0 Å². The fourth-order valence-corrected chi connectivity index (χ4v) is 11.2. The van der Waals surface area contributed by atoms with E-state index in [1.807, 2.05) is 11.8 Å². The third-order valence-corrected chi connectivity index (χ3v) is 15.6. The predicted octanol–water partition coefficient (Wildman–Crippen LogP) is 8.18.